The van der Waals surface area contributed by atoms with Gasteiger partial charge in [-0.15, -0.1) is 0 Å². The van der Waals surface area contributed by atoms with Crippen molar-refractivity contribution in [3.05, 3.63) is 70.0 Å². The summed E-state index contributed by atoms with van der Waals surface area (Å²) in [5, 5.41) is 18.0. The van der Waals surface area contributed by atoms with Crippen LogP contribution >= 0.6 is 12.2 Å². The first kappa shape index (κ1) is 17.5. The molecule has 0 saturated carbocycles. The Kier molecular flexibility index (Phi) is 5.91. The topological polar surface area (TPSA) is 79.6 Å². The predicted octanol–water partition coefficient (Wildman–Crippen LogP) is 3.83. The van der Waals surface area contributed by atoms with Crippen LogP contribution in [0.15, 0.2) is 53.6 Å². The molecule has 6 nitrogen and oxygen atoms in total. The summed E-state index contributed by atoms with van der Waals surface area (Å²) in [4.78, 5) is 10.5. The fourth-order valence-corrected chi connectivity index (χ4v) is 2.15. The molecule has 0 aliphatic heterocycles. The molecular formula is C16H15FN4O2S. The van der Waals surface area contributed by atoms with Crippen molar-refractivity contribution in [1.29, 1.82) is 0 Å². The number of hydrogen-bond acceptors (Lipinski definition) is 4. The molecule has 0 spiro atoms. The molecule has 2 aromatic rings. The van der Waals surface area contributed by atoms with Crippen molar-refractivity contribution in [3.63, 3.8) is 0 Å². The van der Waals surface area contributed by atoms with Crippen molar-refractivity contribution in [2.45, 2.75) is 13.3 Å². The number of benzene rings is 2. The van der Waals surface area contributed by atoms with Crippen molar-refractivity contribution in [1.82, 2.24) is 5.43 Å². The molecule has 124 valence electrons. The second kappa shape index (κ2) is 8.11. The number of hydrogen-bond donors (Lipinski definition) is 2. The number of halogens is 1. The number of anilines is 1. The summed E-state index contributed by atoms with van der Waals surface area (Å²) in [7, 11) is 0. The van der Waals surface area contributed by atoms with Gasteiger partial charge < -0.3 is 5.32 Å². The fraction of sp³-hybridized carbons (Fsp3) is 0.125. The summed E-state index contributed by atoms with van der Waals surface area (Å²) in [6, 6.07) is 12.1. The molecule has 0 bridgehead atoms. The minimum atomic E-state index is -0.496. The molecule has 2 N–H and O–H groups in total. The Hall–Kier alpha value is -2.87. The maximum Gasteiger partial charge on any atom is 0.292 e. The van der Waals surface area contributed by atoms with Crippen LogP contribution in [-0.4, -0.2) is 15.7 Å². The number of nitro benzene ring substituents is 1. The first-order chi connectivity index (χ1) is 11.5. The highest BCUT2D eigenvalue weighted by Crippen LogP contribution is 2.22. The van der Waals surface area contributed by atoms with E-state index in [4.69, 9.17) is 12.2 Å². The van der Waals surface area contributed by atoms with Gasteiger partial charge in [-0.25, -0.2) is 4.39 Å². The highest BCUT2D eigenvalue weighted by molar-refractivity contribution is 7.80. The van der Waals surface area contributed by atoms with E-state index in [9.17, 15) is 14.5 Å². The van der Waals surface area contributed by atoms with Gasteiger partial charge in [0.15, 0.2) is 5.11 Å². The third kappa shape index (κ3) is 4.56. The monoisotopic (exact) mass is 346 g/mol. The van der Waals surface area contributed by atoms with Crippen molar-refractivity contribution < 1.29 is 9.31 Å². The average Bonchev–Trinajstić information content (AvgIpc) is 2.57. The molecule has 24 heavy (non-hydrogen) atoms. The fourth-order valence-electron chi connectivity index (χ4n) is 2.00. The largest absolute Gasteiger partial charge is 0.326 e. The quantitative estimate of drug-likeness (QED) is 0.372. The minimum absolute atomic E-state index is 0.0834. The Labute approximate surface area is 143 Å². The third-order valence-corrected chi connectivity index (χ3v) is 3.35. The molecule has 0 unspecified atom stereocenters. The summed E-state index contributed by atoms with van der Waals surface area (Å²) < 4.78 is 13.0. The lowest BCUT2D eigenvalue weighted by molar-refractivity contribution is -0.383. The zero-order valence-electron chi connectivity index (χ0n) is 12.8. The number of hydrazone groups is 1. The van der Waals surface area contributed by atoms with E-state index in [1.807, 2.05) is 6.92 Å². The van der Waals surface area contributed by atoms with Gasteiger partial charge in [0.25, 0.3) is 5.69 Å². The van der Waals surface area contributed by atoms with E-state index in [1.54, 1.807) is 30.3 Å². The SMILES string of the molecule is CC/C(=N/NC(=S)Nc1ccccc1[N+](=O)[O-])c1ccc(F)cc1. The number of thiocarbonyl (C=S) groups is 1. The predicted molar refractivity (Wildman–Crippen MR) is 95.7 cm³/mol. The van der Waals surface area contributed by atoms with E-state index < -0.39 is 4.92 Å². The van der Waals surface area contributed by atoms with Crippen molar-refractivity contribution in [3.8, 4) is 0 Å². The van der Waals surface area contributed by atoms with E-state index in [0.717, 1.165) is 5.56 Å². The van der Waals surface area contributed by atoms with Gasteiger partial charge in [-0.3, -0.25) is 15.5 Å². The van der Waals surface area contributed by atoms with Gasteiger partial charge in [-0.2, -0.15) is 5.10 Å². The van der Waals surface area contributed by atoms with Gasteiger partial charge in [0, 0.05) is 6.07 Å². The summed E-state index contributed by atoms with van der Waals surface area (Å²) >= 11 is 5.11. The van der Waals surface area contributed by atoms with Gasteiger partial charge in [0.2, 0.25) is 0 Å². The van der Waals surface area contributed by atoms with Crippen LogP contribution in [0.25, 0.3) is 0 Å². The van der Waals surface area contributed by atoms with Crippen molar-refractivity contribution in [2.24, 2.45) is 5.10 Å². The Morgan fingerprint density at radius 1 is 1.25 bits per heavy atom. The Morgan fingerprint density at radius 3 is 2.54 bits per heavy atom. The molecule has 0 amide bonds. The zero-order chi connectivity index (χ0) is 17.5. The second-order valence-electron chi connectivity index (χ2n) is 4.76. The van der Waals surface area contributed by atoms with E-state index in [-0.39, 0.29) is 22.3 Å². The molecule has 2 rings (SSSR count). The molecule has 0 fully saturated rings. The highest BCUT2D eigenvalue weighted by Gasteiger charge is 2.13. The summed E-state index contributed by atoms with van der Waals surface area (Å²) in [6.07, 6.45) is 0.604. The normalized spacial score (nSPS) is 11.0. The summed E-state index contributed by atoms with van der Waals surface area (Å²) in [6.45, 7) is 1.91. The van der Waals surface area contributed by atoms with Gasteiger partial charge in [0.1, 0.15) is 11.5 Å². The number of rotatable bonds is 5. The lowest BCUT2D eigenvalue weighted by Gasteiger charge is -2.09. The number of nitrogens with one attached hydrogen (secondary N) is 2. The summed E-state index contributed by atoms with van der Waals surface area (Å²) in [5.74, 6) is -0.323. The Balaban J connectivity index is 2.09. The second-order valence-corrected chi connectivity index (χ2v) is 5.17. The Morgan fingerprint density at radius 2 is 1.92 bits per heavy atom. The molecule has 0 heterocycles. The first-order valence-corrected chi connectivity index (χ1v) is 7.55. The molecule has 8 heteroatoms. The maximum atomic E-state index is 13.0. The number of nitrogens with zero attached hydrogens (tertiary/aromatic N) is 2. The van der Waals surface area contributed by atoms with Crippen LogP contribution in [0, 0.1) is 15.9 Å². The lowest BCUT2D eigenvalue weighted by Crippen LogP contribution is -2.25. The van der Waals surface area contributed by atoms with Gasteiger partial charge in [-0.05, 0) is 42.4 Å². The maximum absolute atomic E-state index is 13.0. The molecule has 0 aromatic heterocycles. The molecule has 0 aliphatic rings. The van der Waals surface area contributed by atoms with E-state index in [1.165, 1.54) is 18.2 Å². The summed E-state index contributed by atoms with van der Waals surface area (Å²) in [5.41, 5.74) is 4.29. The van der Waals surface area contributed by atoms with Crippen molar-refractivity contribution in [2.75, 3.05) is 5.32 Å². The van der Waals surface area contributed by atoms with E-state index in [0.29, 0.717) is 12.1 Å². The van der Waals surface area contributed by atoms with Crippen LogP contribution < -0.4 is 10.7 Å². The molecule has 0 atom stereocenters. The number of para-hydroxylation sites is 2. The van der Waals surface area contributed by atoms with Gasteiger partial charge in [0.05, 0.1) is 10.6 Å². The van der Waals surface area contributed by atoms with Crippen LogP contribution in [0.4, 0.5) is 15.8 Å². The standard InChI is InChI=1S/C16H15FN4O2S/c1-2-13(11-7-9-12(17)10-8-11)19-20-16(24)18-14-5-3-4-6-15(14)21(22)23/h3-10H,2H2,1H3,(H2,18,20,24)/b19-13-. The van der Waals surface area contributed by atoms with Crippen LogP contribution in [0.5, 0.6) is 0 Å². The van der Waals surface area contributed by atoms with E-state index in [2.05, 4.69) is 15.8 Å². The first-order valence-electron chi connectivity index (χ1n) is 7.14. The van der Waals surface area contributed by atoms with Crippen LogP contribution in [0.1, 0.15) is 18.9 Å². The van der Waals surface area contributed by atoms with Crippen LogP contribution in [-0.2, 0) is 0 Å². The van der Waals surface area contributed by atoms with Crippen molar-refractivity contribution >= 4 is 34.4 Å². The van der Waals surface area contributed by atoms with Gasteiger partial charge >= 0.3 is 0 Å². The third-order valence-electron chi connectivity index (χ3n) is 3.15. The molecule has 0 aliphatic carbocycles. The number of nitro groups is 1. The van der Waals surface area contributed by atoms with Crippen LogP contribution in [0.2, 0.25) is 0 Å². The molecule has 0 radical (unpaired) electrons. The molecular weight excluding hydrogens is 331 g/mol. The average molecular weight is 346 g/mol. The van der Waals surface area contributed by atoms with E-state index >= 15 is 0 Å². The minimum Gasteiger partial charge on any atom is -0.326 e. The lowest BCUT2D eigenvalue weighted by atomic mass is 10.1. The van der Waals surface area contributed by atoms with Crippen LogP contribution in [0.3, 0.4) is 0 Å². The molecule has 2 aromatic carbocycles. The molecule has 0 saturated heterocycles. The highest BCUT2D eigenvalue weighted by atomic mass is 32.1. The van der Waals surface area contributed by atoms with Gasteiger partial charge in [-0.1, -0.05) is 31.2 Å². The smallest absolute Gasteiger partial charge is 0.292 e. The zero-order valence-corrected chi connectivity index (χ0v) is 13.6. The Bertz CT molecular complexity index is 778.